The monoisotopic (exact) mass is 220 g/mol. The number of anilines is 1. The van der Waals surface area contributed by atoms with E-state index in [0.29, 0.717) is 12.2 Å². The first-order valence-electron chi connectivity index (χ1n) is 5.46. The van der Waals surface area contributed by atoms with Crippen molar-refractivity contribution in [1.82, 2.24) is 4.90 Å². The number of amides is 1. The molecule has 3 N–H and O–H groups in total. The van der Waals surface area contributed by atoms with E-state index in [-0.39, 0.29) is 18.4 Å². The zero-order chi connectivity index (χ0) is 11.7. The molecule has 0 aliphatic carbocycles. The van der Waals surface area contributed by atoms with Crippen molar-refractivity contribution in [3.8, 4) is 0 Å². The third-order valence-electron chi connectivity index (χ3n) is 3.02. The van der Waals surface area contributed by atoms with Gasteiger partial charge in [-0.1, -0.05) is 12.1 Å². The summed E-state index contributed by atoms with van der Waals surface area (Å²) < 4.78 is 0. The molecule has 1 saturated heterocycles. The molecule has 2 rings (SSSR count). The number of likely N-dealkylation sites (tertiary alicyclic amines) is 1. The Morgan fingerprint density at radius 2 is 2.06 bits per heavy atom. The summed E-state index contributed by atoms with van der Waals surface area (Å²) in [5.41, 5.74) is 7.24. The van der Waals surface area contributed by atoms with Crippen LogP contribution < -0.4 is 5.73 Å². The smallest absolute Gasteiger partial charge is 0.225 e. The fourth-order valence-electron chi connectivity index (χ4n) is 2.24. The van der Waals surface area contributed by atoms with Gasteiger partial charge in [0.1, 0.15) is 0 Å². The Morgan fingerprint density at radius 3 is 2.62 bits per heavy atom. The molecule has 0 radical (unpaired) electrons. The van der Waals surface area contributed by atoms with Crippen LogP contribution in [-0.2, 0) is 4.79 Å². The van der Waals surface area contributed by atoms with Crippen molar-refractivity contribution >= 4 is 11.6 Å². The van der Waals surface area contributed by atoms with Gasteiger partial charge in [0, 0.05) is 12.2 Å². The van der Waals surface area contributed by atoms with Crippen LogP contribution in [0.2, 0.25) is 0 Å². The van der Waals surface area contributed by atoms with Gasteiger partial charge in [-0.2, -0.15) is 0 Å². The summed E-state index contributed by atoms with van der Waals surface area (Å²) >= 11 is 0. The SMILES string of the molecule is CCN1C(=O)CC(O)C1c1ccc(N)cc1. The summed E-state index contributed by atoms with van der Waals surface area (Å²) in [5.74, 6) is 0.0109. The second-order valence-electron chi connectivity index (χ2n) is 4.06. The summed E-state index contributed by atoms with van der Waals surface area (Å²) in [5, 5.41) is 9.89. The number of benzene rings is 1. The highest BCUT2D eigenvalue weighted by Crippen LogP contribution is 2.33. The van der Waals surface area contributed by atoms with Gasteiger partial charge in [-0.05, 0) is 24.6 Å². The van der Waals surface area contributed by atoms with E-state index in [1.165, 1.54) is 0 Å². The molecule has 0 aromatic heterocycles. The first-order valence-corrected chi connectivity index (χ1v) is 5.46. The van der Waals surface area contributed by atoms with Gasteiger partial charge >= 0.3 is 0 Å². The first-order chi connectivity index (χ1) is 7.63. The van der Waals surface area contributed by atoms with Gasteiger partial charge in [0.05, 0.1) is 18.6 Å². The van der Waals surface area contributed by atoms with Crippen LogP contribution in [0.3, 0.4) is 0 Å². The molecule has 2 atom stereocenters. The Bertz CT molecular complexity index is 389. The lowest BCUT2D eigenvalue weighted by Crippen LogP contribution is -2.29. The Hall–Kier alpha value is -1.55. The zero-order valence-electron chi connectivity index (χ0n) is 9.26. The number of nitrogens with two attached hydrogens (primary N) is 1. The van der Waals surface area contributed by atoms with E-state index in [2.05, 4.69) is 0 Å². The number of aliphatic hydroxyl groups is 1. The summed E-state index contributed by atoms with van der Waals surface area (Å²) in [7, 11) is 0. The van der Waals surface area contributed by atoms with E-state index in [1.807, 2.05) is 19.1 Å². The van der Waals surface area contributed by atoms with Crippen LogP contribution in [-0.4, -0.2) is 28.6 Å². The van der Waals surface area contributed by atoms with Gasteiger partial charge in [-0.25, -0.2) is 0 Å². The van der Waals surface area contributed by atoms with Crippen LogP contribution in [0.25, 0.3) is 0 Å². The number of rotatable bonds is 2. The molecule has 0 saturated carbocycles. The molecule has 1 amide bonds. The van der Waals surface area contributed by atoms with E-state index in [1.54, 1.807) is 17.0 Å². The maximum Gasteiger partial charge on any atom is 0.225 e. The molecular formula is C12H16N2O2. The number of hydrogen-bond acceptors (Lipinski definition) is 3. The fraction of sp³-hybridized carbons (Fsp3) is 0.417. The number of aliphatic hydroxyl groups excluding tert-OH is 1. The Morgan fingerprint density at radius 1 is 1.44 bits per heavy atom. The molecule has 1 heterocycles. The minimum Gasteiger partial charge on any atom is -0.399 e. The lowest BCUT2D eigenvalue weighted by atomic mass is 10.0. The second kappa shape index (κ2) is 4.14. The predicted octanol–water partition coefficient (Wildman–Crippen LogP) is 0.923. The topological polar surface area (TPSA) is 66.6 Å². The molecule has 1 aliphatic heterocycles. The van der Waals surface area contributed by atoms with Crippen LogP contribution in [0.15, 0.2) is 24.3 Å². The van der Waals surface area contributed by atoms with Crippen LogP contribution in [0.4, 0.5) is 5.69 Å². The summed E-state index contributed by atoms with van der Waals surface area (Å²) in [4.78, 5) is 13.3. The predicted molar refractivity (Wildman–Crippen MR) is 61.6 cm³/mol. The van der Waals surface area contributed by atoms with Gasteiger partial charge in [0.15, 0.2) is 0 Å². The molecule has 1 aliphatic rings. The van der Waals surface area contributed by atoms with Crippen molar-refractivity contribution in [2.24, 2.45) is 0 Å². The largest absolute Gasteiger partial charge is 0.399 e. The maximum atomic E-state index is 11.6. The van der Waals surface area contributed by atoms with Crippen LogP contribution in [0.1, 0.15) is 24.9 Å². The Kier molecular flexibility index (Phi) is 2.83. The van der Waals surface area contributed by atoms with Gasteiger partial charge < -0.3 is 15.7 Å². The molecule has 1 aromatic rings. The van der Waals surface area contributed by atoms with Crippen molar-refractivity contribution in [3.63, 3.8) is 0 Å². The average molecular weight is 220 g/mol. The fourth-order valence-corrected chi connectivity index (χ4v) is 2.24. The number of carbonyl (C=O) groups is 1. The molecule has 0 bridgehead atoms. The molecule has 1 aromatic carbocycles. The summed E-state index contributed by atoms with van der Waals surface area (Å²) in [6.07, 6.45) is -0.404. The van der Waals surface area contributed by atoms with E-state index in [9.17, 15) is 9.90 Å². The summed E-state index contributed by atoms with van der Waals surface area (Å²) in [6, 6.07) is 7.09. The van der Waals surface area contributed by atoms with Crippen molar-refractivity contribution < 1.29 is 9.90 Å². The minimum atomic E-state index is -0.615. The molecule has 4 nitrogen and oxygen atoms in total. The highest BCUT2D eigenvalue weighted by atomic mass is 16.3. The van der Waals surface area contributed by atoms with Crippen molar-refractivity contribution in [2.75, 3.05) is 12.3 Å². The molecule has 0 spiro atoms. The summed E-state index contributed by atoms with van der Waals surface area (Å²) in [6.45, 7) is 2.53. The van der Waals surface area contributed by atoms with E-state index >= 15 is 0 Å². The van der Waals surface area contributed by atoms with Crippen LogP contribution in [0, 0.1) is 0 Å². The zero-order valence-corrected chi connectivity index (χ0v) is 9.26. The van der Waals surface area contributed by atoms with Crippen LogP contribution >= 0.6 is 0 Å². The third-order valence-corrected chi connectivity index (χ3v) is 3.02. The average Bonchev–Trinajstić information content (AvgIpc) is 2.54. The highest BCUT2D eigenvalue weighted by Gasteiger charge is 2.38. The van der Waals surface area contributed by atoms with Gasteiger partial charge in [-0.15, -0.1) is 0 Å². The Balaban J connectivity index is 2.31. The van der Waals surface area contributed by atoms with Crippen molar-refractivity contribution in [1.29, 1.82) is 0 Å². The second-order valence-corrected chi connectivity index (χ2v) is 4.06. The molecule has 4 heteroatoms. The number of hydrogen-bond donors (Lipinski definition) is 2. The van der Waals surface area contributed by atoms with Gasteiger partial charge in [0.25, 0.3) is 0 Å². The minimum absolute atomic E-state index is 0.0109. The third kappa shape index (κ3) is 1.76. The molecule has 16 heavy (non-hydrogen) atoms. The standard InChI is InChI=1S/C12H16N2O2/c1-2-14-11(16)7-10(15)12(14)8-3-5-9(13)6-4-8/h3-6,10,12,15H,2,7,13H2,1H3. The molecular weight excluding hydrogens is 204 g/mol. The quantitative estimate of drug-likeness (QED) is 0.728. The van der Waals surface area contributed by atoms with Crippen molar-refractivity contribution in [2.45, 2.75) is 25.5 Å². The number of nitrogen functional groups attached to an aromatic ring is 1. The van der Waals surface area contributed by atoms with E-state index < -0.39 is 6.10 Å². The van der Waals surface area contributed by atoms with Crippen molar-refractivity contribution in [3.05, 3.63) is 29.8 Å². The first kappa shape index (κ1) is 11.0. The number of nitrogens with zero attached hydrogens (tertiary/aromatic N) is 1. The lowest BCUT2D eigenvalue weighted by Gasteiger charge is -2.25. The highest BCUT2D eigenvalue weighted by molar-refractivity contribution is 5.80. The lowest BCUT2D eigenvalue weighted by molar-refractivity contribution is -0.128. The number of carbonyl (C=O) groups excluding carboxylic acids is 1. The molecule has 86 valence electrons. The molecule has 1 fully saturated rings. The van der Waals surface area contributed by atoms with Gasteiger partial charge in [0.2, 0.25) is 5.91 Å². The number of likely N-dealkylation sites (N-methyl/N-ethyl adjacent to an activating group) is 1. The van der Waals surface area contributed by atoms with E-state index in [0.717, 1.165) is 5.56 Å². The molecule has 2 unspecified atom stereocenters. The normalized spacial score (nSPS) is 25.1. The van der Waals surface area contributed by atoms with Gasteiger partial charge in [-0.3, -0.25) is 4.79 Å². The van der Waals surface area contributed by atoms with Crippen LogP contribution in [0.5, 0.6) is 0 Å². The Labute approximate surface area is 94.7 Å². The maximum absolute atomic E-state index is 11.6. The van der Waals surface area contributed by atoms with E-state index in [4.69, 9.17) is 5.73 Å².